The Labute approximate surface area is 203 Å². The van der Waals surface area contributed by atoms with Gasteiger partial charge in [0.15, 0.2) is 0 Å². The summed E-state index contributed by atoms with van der Waals surface area (Å²) in [6.45, 7) is 0. The molecule has 5 rings (SSSR count). The summed E-state index contributed by atoms with van der Waals surface area (Å²) in [5.41, 5.74) is 6.34. The van der Waals surface area contributed by atoms with E-state index in [1.54, 1.807) is 0 Å². The molecule has 1 aliphatic rings. The molecule has 0 saturated heterocycles. The highest BCUT2D eigenvalue weighted by Gasteiger charge is 2.14. The molecule has 0 atom stereocenters. The lowest BCUT2D eigenvalue weighted by Gasteiger charge is -2.13. The van der Waals surface area contributed by atoms with E-state index in [0.717, 1.165) is 45.4 Å². The maximum Gasteiger partial charge on any atom is 0.0769 e. The van der Waals surface area contributed by atoms with E-state index in [2.05, 4.69) is 97.1 Å². The Hall–Kier alpha value is -3.08. The molecule has 0 fully saturated rings. The van der Waals surface area contributed by atoms with Gasteiger partial charge < -0.3 is 0 Å². The third kappa shape index (κ3) is 5.47. The lowest BCUT2D eigenvalue weighted by Crippen LogP contribution is -2.11. The SMILES string of the molecule is c1ccc(C2=Nc3ccccc3SCCSc3ccccc3N=C(c3ccccc3)C2)cc1. The van der Waals surface area contributed by atoms with Gasteiger partial charge in [0, 0.05) is 27.7 Å². The van der Waals surface area contributed by atoms with E-state index < -0.39 is 0 Å². The summed E-state index contributed by atoms with van der Waals surface area (Å²) in [4.78, 5) is 12.9. The molecule has 0 radical (unpaired) electrons. The van der Waals surface area contributed by atoms with E-state index in [4.69, 9.17) is 9.98 Å². The second-order valence-electron chi connectivity index (χ2n) is 7.66. The Kier molecular flexibility index (Phi) is 7.05. The van der Waals surface area contributed by atoms with Gasteiger partial charge in [-0.3, -0.25) is 9.98 Å². The molecule has 0 spiro atoms. The zero-order chi connectivity index (χ0) is 22.3. The van der Waals surface area contributed by atoms with Crippen LogP contribution < -0.4 is 0 Å². The highest BCUT2D eigenvalue weighted by Crippen LogP contribution is 2.35. The first-order valence-corrected chi connectivity index (χ1v) is 13.0. The molecule has 0 N–H and O–H groups in total. The molecule has 0 aromatic heterocycles. The Morgan fingerprint density at radius 1 is 0.455 bits per heavy atom. The summed E-state index contributed by atoms with van der Waals surface area (Å²) in [5.74, 6) is 2.03. The number of benzene rings is 4. The van der Waals surface area contributed by atoms with Gasteiger partial charge in [-0.05, 0) is 35.4 Å². The van der Waals surface area contributed by atoms with E-state index >= 15 is 0 Å². The number of hydrogen-bond acceptors (Lipinski definition) is 4. The monoisotopic (exact) mass is 464 g/mol. The summed E-state index contributed by atoms with van der Waals surface area (Å²) in [7, 11) is 0. The zero-order valence-electron chi connectivity index (χ0n) is 18.2. The quantitative estimate of drug-likeness (QED) is 0.298. The molecule has 2 nitrogen and oxygen atoms in total. The fourth-order valence-corrected chi connectivity index (χ4v) is 5.75. The Morgan fingerprint density at radius 2 is 0.848 bits per heavy atom. The van der Waals surface area contributed by atoms with Crippen LogP contribution in [-0.2, 0) is 0 Å². The Morgan fingerprint density at radius 3 is 1.30 bits per heavy atom. The number of para-hydroxylation sites is 2. The number of hydrogen-bond donors (Lipinski definition) is 0. The number of aliphatic imine (C=N–C) groups is 2. The molecular formula is C29H24N2S2. The summed E-state index contributed by atoms with van der Waals surface area (Å²) in [6.07, 6.45) is 0.645. The Bertz CT molecular complexity index is 1180. The molecule has 162 valence electrons. The van der Waals surface area contributed by atoms with Gasteiger partial charge >= 0.3 is 0 Å². The van der Waals surface area contributed by atoms with Crippen molar-refractivity contribution in [2.75, 3.05) is 11.5 Å². The molecule has 1 aliphatic heterocycles. The first kappa shape index (κ1) is 21.7. The van der Waals surface area contributed by atoms with Crippen molar-refractivity contribution in [2.45, 2.75) is 16.2 Å². The van der Waals surface area contributed by atoms with Gasteiger partial charge in [-0.1, -0.05) is 84.9 Å². The lowest BCUT2D eigenvalue weighted by atomic mass is 9.99. The summed E-state index contributed by atoms with van der Waals surface area (Å²) in [5, 5.41) is 0. The van der Waals surface area contributed by atoms with Crippen LogP contribution in [0.3, 0.4) is 0 Å². The first-order valence-electron chi connectivity index (χ1n) is 11.1. The van der Waals surface area contributed by atoms with Crippen LogP contribution in [0.4, 0.5) is 11.4 Å². The molecular weight excluding hydrogens is 440 g/mol. The summed E-state index contributed by atoms with van der Waals surface area (Å²) >= 11 is 3.74. The minimum absolute atomic E-state index is 0.645. The molecule has 0 bridgehead atoms. The molecule has 4 aromatic rings. The molecule has 0 saturated carbocycles. The molecule has 33 heavy (non-hydrogen) atoms. The second-order valence-corrected chi connectivity index (χ2v) is 9.93. The third-order valence-corrected chi connectivity index (χ3v) is 7.78. The fraction of sp³-hybridized carbons (Fsp3) is 0.103. The maximum absolute atomic E-state index is 5.21. The number of thioether (sulfide) groups is 2. The van der Waals surface area contributed by atoms with Crippen LogP contribution in [0.2, 0.25) is 0 Å². The Balaban J connectivity index is 1.69. The van der Waals surface area contributed by atoms with E-state index in [9.17, 15) is 0 Å². The minimum atomic E-state index is 0.645. The highest BCUT2D eigenvalue weighted by molar-refractivity contribution is 8.03. The van der Waals surface area contributed by atoms with Crippen molar-refractivity contribution in [3.8, 4) is 0 Å². The molecule has 4 heteroatoms. The summed E-state index contributed by atoms with van der Waals surface area (Å²) in [6, 6.07) is 37.9. The van der Waals surface area contributed by atoms with E-state index in [-0.39, 0.29) is 0 Å². The van der Waals surface area contributed by atoms with Gasteiger partial charge in [0.2, 0.25) is 0 Å². The van der Waals surface area contributed by atoms with Crippen LogP contribution in [0.25, 0.3) is 0 Å². The van der Waals surface area contributed by atoms with Crippen LogP contribution in [0.1, 0.15) is 17.5 Å². The second kappa shape index (κ2) is 10.7. The van der Waals surface area contributed by atoms with Crippen LogP contribution >= 0.6 is 23.5 Å². The number of fused-ring (bicyclic) bond motifs is 2. The molecule has 0 aliphatic carbocycles. The van der Waals surface area contributed by atoms with E-state index in [1.165, 1.54) is 9.79 Å². The number of nitrogens with zero attached hydrogens (tertiary/aromatic N) is 2. The van der Waals surface area contributed by atoms with Crippen molar-refractivity contribution in [1.29, 1.82) is 0 Å². The first-order chi connectivity index (χ1) is 16.4. The van der Waals surface area contributed by atoms with Crippen molar-refractivity contribution in [1.82, 2.24) is 0 Å². The predicted octanol–water partition coefficient (Wildman–Crippen LogP) is 8.22. The van der Waals surface area contributed by atoms with Crippen LogP contribution in [0.5, 0.6) is 0 Å². The third-order valence-electron chi connectivity index (χ3n) is 5.39. The highest BCUT2D eigenvalue weighted by atomic mass is 32.2. The minimum Gasteiger partial charge on any atom is -0.251 e. The van der Waals surface area contributed by atoms with Crippen molar-refractivity contribution in [3.63, 3.8) is 0 Å². The van der Waals surface area contributed by atoms with Crippen LogP contribution in [-0.4, -0.2) is 22.9 Å². The van der Waals surface area contributed by atoms with Gasteiger partial charge in [0.05, 0.1) is 22.8 Å². The zero-order valence-corrected chi connectivity index (χ0v) is 19.9. The molecule has 1 heterocycles. The topological polar surface area (TPSA) is 24.7 Å². The average Bonchev–Trinajstić information content (AvgIpc) is 2.89. The van der Waals surface area contributed by atoms with Crippen LogP contribution in [0.15, 0.2) is 129 Å². The van der Waals surface area contributed by atoms with Gasteiger partial charge in [0.1, 0.15) is 0 Å². The number of rotatable bonds is 2. The molecule has 0 amide bonds. The molecule has 4 aromatic carbocycles. The van der Waals surface area contributed by atoms with Crippen molar-refractivity contribution in [3.05, 3.63) is 120 Å². The normalized spacial score (nSPS) is 14.4. The lowest BCUT2D eigenvalue weighted by molar-refractivity contribution is 1.32. The summed E-state index contributed by atoms with van der Waals surface area (Å²) < 4.78 is 0. The fourth-order valence-electron chi connectivity index (χ4n) is 3.77. The predicted molar refractivity (Wildman–Crippen MR) is 144 cm³/mol. The largest absolute Gasteiger partial charge is 0.251 e. The smallest absolute Gasteiger partial charge is 0.0769 e. The maximum atomic E-state index is 5.21. The van der Waals surface area contributed by atoms with Crippen molar-refractivity contribution >= 4 is 46.3 Å². The van der Waals surface area contributed by atoms with Gasteiger partial charge in [0.25, 0.3) is 0 Å². The molecule has 0 unspecified atom stereocenters. The van der Waals surface area contributed by atoms with Gasteiger partial charge in [-0.25, -0.2) is 0 Å². The van der Waals surface area contributed by atoms with E-state index in [1.807, 2.05) is 35.7 Å². The average molecular weight is 465 g/mol. The standard InChI is InChI=1S/C29H24N2S2/c1-3-11-22(12-4-1)26-21-27(23-13-5-2-6-14-23)31-25-16-8-10-18-29(25)33-20-19-32-28-17-9-7-15-24(28)30-26/h1-18H,19-21H2. The van der Waals surface area contributed by atoms with E-state index in [0.29, 0.717) is 6.42 Å². The van der Waals surface area contributed by atoms with Crippen molar-refractivity contribution in [2.24, 2.45) is 9.98 Å². The van der Waals surface area contributed by atoms with Crippen molar-refractivity contribution < 1.29 is 0 Å². The van der Waals surface area contributed by atoms with Gasteiger partial charge in [-0.15, -0.1) is 23.5 Å². The van der Waals surface area contributed by atoms with Gasteiger partial charge in [-0.2, -0.15) is 0 Å². The van der Waals surface area contributed by atoms with Crippen LogP contribution in [0, 0.1) is 0 Å².